The van der Waals surface area contributed by atoms with Crippen molar-refractivity contribution in [2.75, 3.05) is 12.4 Å². The van der Waals surface area contributed by atoms with Crippen LogP contribution in [0.3, 0.4) is 0 Å². The molecule has 0 aliphatic heterocycles. The summed E-state index contributed by atoms with van der Waals surface area (Å²) in [5.41, 5.74) is 2.51. The molecule has 0 bridgehead atoms. The number of nitrogens with zero attached hydrogens (tertiary/aromatic N) is 3. The fourth-order valence-corrected chi connectivity index (χ4v) is 4.85. The van der Waals surface area contributed by atoms with E-state index in [-0.39, 0.29) is 5.97 Å². The smallest absolute Gasteiger partial charge is 0.305 e. The zero-order chi connectivity index (χ0) is 19.5. The monoisotopic (exact) mass is 459 g/mol. The number of ether oxygens (including phenoxy) is 1. The first-order chi connectivity index (χ1) is 13.7. The van der Waals surface area contributed by atoms with Gasteiger partial charge in [-0.15, -0.1) is 10.2 Å². The van der Waals surface area contributed by atoms with Crippen LogP contribution in [-0.4, -0.2) is 33.1 Å². The Bertz CT molecular complexity index is 1000. The first kappa shape index (κ1) is 19.5. The van der Waals surface area contributed by atoms with E-state index in [1.165, 1.54) is 29.2 Å². The van der Waals surface area contributed by atoms with Gasteiger partial charge in [-0.3, -0.25) is 9.36 Å². The maximum absolute atomic E-state index is 11.5. The highest BCUT2D eigenvalue weighted by Gasteiger charge is 2.26. The van der Waals surface area contributed by atoms with Crippen LogP contribution in [-0.2, 0) is 9.53 Å². The number of benzene rings is 2. The predicted octanol–water partition coefficient (Wildman–Crippen LogP) is 5.50. The summed E-state index contributed by atoms with van der Waals surface area (Å²) in [4.78, 5) is 11.5. The number of aromatic nitrogens is 3. The number of hydrogen-bond donors (Lipinski definition) is 0. The Morgan fingerprint density at radius 3 is 2.75 bits per heavy atom. The average Bonchev–Trinajstić information content (AvgIpc) is 3.48. The molecule has 1 fully saturated rings. The van der Waals surface area contributed by atoms with E-state index in [1.807, 2.05) is 11.5 Å². The molecule has 0 spiro atoms. The predicted molar refractivity (Wildman–Crippen MR) is 115 cm³/mol. The molecular formula is C21H22BrN3O2S. The number of carbonyl (C=O) groups excluding carboxylic acids is 1. The molecule has 1 heterocycles. The lowest BCUT2D eigenvalue weighted by atomic mass is 9.99. The van der Waals surface area contributed by atoms with E-state index in [0.717, 1.165) is 23.0 Å². The first-order valence-electron chi connectivity index (χ1n) is 9.60. The van der Waals surface area contributed by atoms with E-state index in [0.29, 0.717) is 23.7 Å². The third-order valence-electron chi connectivity index (χ3n) is 4.85. The Balaban J connectivity index is 1.59. The van der Waals surface area contributed by atoms with Gasteiger partial charge in [0.05, 0.1) is 12.3 Å². The molecule has 5 nitrogen and oxygen atoms in total. The molecule has 0 unspecified atom stereocenters. The molecule has 0 radical (unpaired) electrons. The lowest BCUT2D eigenvalue weighted by Gasteiger charge is -2.14. The van der Waals surface area contributed by atoms with Crippen LogP contribution >= 0.6 is 27.7 Å². The molecule has 4 rings (SSSR count). The van der Waals surface area contributed by atoms with Crippen molar-refractivity contribution in [1.29, 1.82) is 0 Å². The number of halogens is 1. The number of fused-ring (bicyclic) bond motifs is 1. The second-order valence-electron chi connectivity index (χ2n) is 6.84. The minimum atomic E-state index is -0.146. The van der Waals surface area contributed by atoms with Crippen molar-refractivity contribution >= 4 is 44.4 Å². The average molecular weight is 460 g/mol. The quantitative estimate of drug-likeness (QED) is 0.253. The lowest BCUT2D eigenvalue weighted by Crippen LogP contribution is -2.04. The number of esters is 1. The van der Waals surface area contributed by atoms with Crippen molar-refractivity contribution in [3.05, 3.63) is 46.7 Å². The maximum Gasteiger partial charge on any atom is 0.305 e. The Kier molecular flexibility index (Phi) is 6.01. The van der Waals surface area contributed by atoms with Crippen molar-refractivity contribution in [1.82, 2.24) is 14.8 Å². The molecule has 28 heavy (non-hydrogen) atoms. The normalized spacial score (nSPS) is 13.8. The topological polar surface area (TPSA) is 57.0 Å². The molecule has 3 aromatic rings. The van der Waals surface area contributed by atoms with Crippen LogP contribution in [0, 0.1) is 0 Å². The molecule has 1 aliphatic rings. The third kappa shape index (κ3) is 4.10. The molecule has 0 N–H and O–H groups in total. The molecule has 1 saturated carbocycles. The summed E-state index contributed by atoms with van der Waals surface area (Å²) in [7, 11) is 0. The SMILES string of the molecule is CCOC(=O)CCCSc1nnc(Br)n1-c1ccc(C2CC2)c2ccccc12. The van der Waals surface area contributed by atoms with Crippen molar-refractivity contribution < 1.29 is 9.53 Å². The summed E-state index contributed by atoms with van der Waals surface area (Å²) in [6, 6.07) is 13.0. The minimum absolute atomic E-state index is 0.146. The molecule has 0 amide bonds. The molecule has 146 valence electrons. The number of hydrogen-bond acceptors (Lipinski definition) is 5. The van der Waals surface area contributed by atoms with Crippen LogP contribution in [0.5, 0.6) is 0 Å². The molecule has 1 aromatic heterocycles. The first-order valence-corrected chi connectivity index (χ1v) is 11.4. The molecule has 7 heteroatoms. The minimum Gasteiger partial charge on any atom is -0.466 e. The van der Waals surface area contributed by atoms with Gasteiger partial charge in [0, 0.05) is 17.6 Å². The summed E-state index contributed by atoms with van der Waals surface area (Å²) in [5, 5.41) is 11.9. The van der Waals surface area contributed by atoms with E-state index in [4.69, 9.17) is 4.74 Å². The number of carbonyl (C=O) groups is 1. The Morgan fingerprint density at radius 2 is 2.00 bits per heavy atom. The highest BCUT2D eigenvalue weighted by molar-refractivity contribution is 9.10. The van der Waals surface area contributed by atoms with E-state index in [2.05, 4.69) is 62.5 Å². The van der Waals surface area contributed by atoms with Gasteiger partial charge in [0.15, 0.2) is 5.16 Å². The molecule has 2 aromatic carbocycles. The summed E-state index contributed by atoms with van der Waals surface area (Å²) in [6.45, 7) is 2.25. The standard InChI is InChI=1S/C21H22BrN3O2S/c1-2-27-19(26)8-5-13-28-21-24-23-20(22)25(21)18-12-11-15(14-9-10-14)16-6-3-4-7-17(16)18/h3-4,6-7,11-12,14H,2,5,8-10,13H2,1H3. The Morgan fingerprint density at radius 1 is 1.21 bits per heavy atom. The van der Waals surface area contributed by atoms with Crippen molar-refractivity contribution in [2.24, 2.45) is 0 Å². The summed E-state index contributed by atoms with van der Waals surface area (Å²) >= 11 is 5.16. The van der Waals surface area contributed by atoms with Gasteiger partial charge < -0.3 is 4.74 Å². The highest BCUT2D eigenvalue weighted by Crippen LogP contribution is 2.44. The van der Waals surface area contributed by atoms with Gasteiger partial charge in [-0.1, -0.05) is 42.1 Å². The van der Waals surface area contributed by atoms with Crippen LogP contribution in [0.1, 0.15) is 44.1 Å². The van der Waals surface area contributed by atoms with Gasteiger partial charge in [-0.25, -0.2) is 0 Å². The summed E-state index contributed by atoms with van der Waals surface area (Å²) in [5.74, 6) is 1.33. The lowest BCUT2D eigenvalue weighted by molar-refractivity contribution is -0.143. The van der Waals surface area contributed by atoms with Crippen LogP contribution in [0.2, 0.25) is 0 Å². The van der Waals surface area contributed by atoms with Crippen molar-refractivity contribution in [2.45, 2.75) is 43.7 Å². The van der Waals surface area contributed by atoms with Crippen molar-refractivity contribution in [3.8, 4) is 5.69 Å². The molecular weight excluding hydrogens is 438 g/mol. The van der Waals surface area contributed by atoms with E-state index in [9.17, 15) is 4.79 Å². The maximum atomic E-state index is 11.5. The van der Waals surface area contributed by atoms with Crippen LogP contribution in [0.4, 0.5) is 0 Å². The zero-order valence-electron chi connectivity index (χ0n) is 15.7. The summed E-state index contributed by atoms with van der Waals surface area (Å²) < 4.78 is 7.72. The zero-order valence-corrected chi connectivity index (χ0v) is 18.1. The van der Waals surface area contributed by atoms with E-state index < -0.39 is 0 Å². The van der Waals surface area contributed by atoms with E-state index >= 15 is 0 Å². The second-order valence-corrected chi connectivity index (χ2v) is 8.61. The van der Waals surface area contributed by atoms with Gasteiger partial charge >= 0.3 is 5.97 Å². The Hall–Kier alpha value is -1.86. The van der Waals surface area contributed by atoms with Gasteiger partial charge in [-0.2, -0.15) is 0 Å². The fraction of sp³-hybridized carbons (Fsp3) is 0.381. The molecule has 0 saturated heterocycles. The van der Waals surface area contributed by atoms with Crippen LogP contribution in [0.25, 0.3) is 16.5 Å². The van der Waals surface area contributed by atoms with Gasteiger partial charge in [0.2, 0.25) is 4.73 Å². The van der Waals surface area contributed by atoms with E-state index in [1.54, 1.807) is 11.8 Å². The third-order valence-corrected chi connectivity index (χ3v) is 6.38. The fourth-order valence-electron chi connectivity index (χ4n) is 3.41. The molecule has 0 atom stereocenters. The molecule has 1 aliphatic carbocycles. The number of thioether (sulfide) groups is 1. The van der Waals surface area contributed by atoms with Gasteiger partial charge in [0.1, 0.15) is 0 Å². The van der Waals surface area contributed by atoms with Gasteiger partial charge in [0.25, 0.3) is 0 Å². The largest absolute Gasteiger partial charge is 0.466 e. The second kappa shape index (κ2) is 8.66. The number of rotatable bonds is 8. The van der Waals surface area contributed by atoms with Gasteiger partial charge in [-0.05, 0) is 65.1 Å². The van der Waals surface area contributed by atoms with Crippen molar-refractivity contribution in [3.63, 3.8) is 0 Å². The summed E-state index contributed by atoms with van der Waals surface area (Å²) in [6.07, 6.45) is 3.73. The van der Waals surface area contributed by atoms with Crippen LogP contribution in [0.15, 0.2) is 46.3 Å². The Labute approximate surface area is 177 Å². The van der Waals surface area contributed by atoms with Crippen LogP contribution < -0.4 is 0 Å². The highest BCUT2D eigenvalue weighted by atomic mass is 79.9.